The second-order valence-electron chi connectivity index (χ2n) is 8.10. The Labute approximate surface area is 128 Å². The van der Waals surface area contributed by atoms with Crippen molar-refractivity contribution >= 4 is 5.78 Å². The number of allylic oxidation sites excluding steroid dienone is 2. The lowest BCUT2D eigenvalue weighted by atomic mass is 9.50. The highest BCUT2D eigenvalue weighted by Gasteiger charge is 2.57. The van der Waals surface area contributed by atoms with Crippen LogP contribution in [0.3, 0.4) is 0 Å². The smallest absolute Gasteiger partial charge is 0.155 e. The maximum atomic E-state index is 11.7. The van der Waals surface area contributed by atoms with E-state index in [4.69, 9.17) is 0 Å². The minimum atomic E-state index is -0.0605. The number of ketones is 1. The molecular weight excluding hydrogens is 260 g/mol. The van der Waals surface area contributed by atoms with Crippen molar-refractivity contribution in [1.29, 1.82) is 0 Å². The summed E-state index contributed by atoms with van der Waals surface area (Å²) in [7, 11) is 0. The van der Waals surface area contributed by atoms with Crippen molar-refractivity contribution in [2.24, 2.45) is 35.0 Å². The SMILES string of the molecule is CCC12CCC3C4C=CC(=O)CC4CCC3C1CCC2O. The molecule has 0 aromatic carbocycles. The molecule has 116 valence electrons. The Kier molecular flexibility index (Phi) is 3.29. The van der Waals surface area contributed by atoms with Gasteiger partial charge in [0, 0.05) is 6.42 Å². The van der Waals surface area contributed by atoms with Crippen molar-refractivity contribution in [3.05, 3.63) is 12.2 Å². The number of fused-ring (bicyclic) bond motifs is 5. The molecule has 2 heteroatoms. The molecule has 0 aromatic rings. The molecular formula is C19H28O2. The van der Waals surface area contributed by atoms with E-state index in [1.165, 1.54) is 32.1 Å². The van der Waals surface area contributed by atoms with Crippen molar-refractivity contribution in [2.75, 3.05) is 0 Å². The van der Waals surface area contributed by atoms with Gasteiger partial charge < -0.3 is 5.11 Å². The molecule has 4 aliphatic rings. The van der Waals surface area contributed by atoms with Crippen molar-refractivity contribution in [3.8, 4) is 0 Å². The predicted octanol–water partition coefficient (Wildman–Crippen LogP) is 3.74. The molecule has 7 unspecified atom stereocenters. The third kappa shape index (κ3) is 1.91. The van der Waals surface area contributed by atoms with Crippen LogP contribution in [0.2, 0.25) is 0 Å². The number of carbonyl (C=O) groups is 1. The lowest BCUT2D eigenvalue weighted by Crippen LogP contribution is -2.49. The zero-order valence-corrected chi connectivity index (χ0v) is 13.1. The van der Waals surface area contributed by atoms with Crippen LogP contribution in [0.25, 0.3) is 0 Å². The van der Waals surface area contributed by atoms with Gasteiger partial charge in [0.05, 0.1) is 6.10 Å². The van der Waals surface area contributed by atoms with Crippen LogP contribution in [-0.4, -0.2) is 17.0 Å². The molecule has 4 aliphatic carbocycles. The lowest BCUT2D eigenvalue weighted by molar-refractivity contribution is -0.119. The molecule has 0 aliphatic heterocycles. The van der Waals surface area contributed by atoms with Crippen molar-refractivity contribution in [3.63, 3.8) is 0 Å². The number of aliphatic hydroxyl groups excluding tert-OH is 1. The average Bonchev–Trinajstić information content (AvgIpc) is 2.84. The Morgan fingerprint density at radius 2 is 2.05 bits per heavy atom. The summed E-state index contributed by atoms with van der Waals surface area (Å²) in [6.07, 6.45) is 13.2. The van der Waals surface area contributed by atoms with Crippen molar-refractivity contribution in [1.82, 2.24) is 0 Å². The maximum absolute atomic E-state index is 11.7. The van der Waals surface area contributed by atoms with E-state index in [0.717, 1.165) is 37.0 Å². The molecule has 0 heterocycles. The third-order valence-corrected chi connectivity index (χ3v) is 7.70. The first-order valence-electron chi connectivity index (χ1n) is 9.05. The quantitative estimate of drug-likeness (QED) is 0.798. The van der Waals surface area contributed by atoms with E-state index in [1.54, 1.807) is 0 Å². The average molecular weight is 288 g/mol. The van der Waals surface area contributed by atoms with Gasteiger partial charge in [0.15, 0.2) is 5.78 Å². The van der Waals surface area contributed by atoms with Crippen LogP contribution in [0.1, 0.15) is 58.3 Å². The summed E-state index contributed by atoms with van der Waals surface area (Å²) in [4.78, 5) is 11.7. The van der Waals surface area contributed by atoms with Crippen LogP contribution in [0.5, 0.6) is 0 Å². The Balaban J connectivity index is 1.63. The number of carbonyl (C=O) groups excluding carboxylic acids is 1. The minimum Gasteiger partial charge on any atom is -0.393 e. The molecule has 0 spiro atoms. The van der Waals surface area contributed by atoms with Gasteiger partial charge in [0.1, 0.15) is 0 Å². The molecule has 7 atom stereocenters. The van der Waals surface area contributed by atoms with E-state index in [-0.39, 0.29) is 11.5 Å². The van der Waals surface area contributed by atoms with Crippen LogP contribution in [-0.2, 0) is 4.79 Å². The molecule has 3 fully saturated rings. The van der Waals surface area contributed by atoms with Crippen LogP contribution in [0.15, 0.2) is 12.2 Å². The molecule has 1 N–H and O–H groups in total. The zero-order chi connectivity index (χ0) is 14.6. The van der Waals surface area contributed by atoms with E-state index < -0.39 is 0 Å². The molecule has 0 amide bonds. The van der Waals surface area contributed by atoms with E-state index in [1.807, 2.05) is 6.08 Å². The van der Waals surface area contributed by atoms with Gasteiger partial charge in [-0.1, -0.05) is 13.0 Å². The number of hydrogen-bond acceptors (Lipinski definition) is 2. The molecule has 2 nitrogen and oxygen atoms in total. The first-order valence-corrected chi connectivity index (χ1v) is 9.05. The van der Waals surface area contributed by atoms with Crippen molar-refractivity contribution in [2.45, 2.75) is 64.4 Å². The highest BCUT2D eigenvalue weighted by molar-refractivity contribution is 5.90. The topological polar surface area (TPSA) is 37.3 Å². The van der Waals surface area contributed by atoms with Crippen molar-refractivity contribution < 1.29 is 9.90 Å². The molecule has 0 bridgehead atoms. The van der Waals surface area contributed by atoms with Crippen LogP contribution in [0, 0.1) is 35.0 Å². The summed E-state index contributed by atoms with van der Waals surface area (Å²) in [6, 6.07) is 0. The lowest BCUT2D eigenvalue weighted by Gasteiger charge is -2.55. The number of rotatable bonds is 1. The normalized spacial score (nSPS) is 52.2. The predicted molar refractivity (Wildman–Crippen MR) is 82.6 cm³/mol. The standard InChI is InChI=1S/C19H28O2/c1-2-19-10-9-15-14-6-4-13(20)11-12(14)3-5-16(15)17(19)7-8-18(19)21/h4,6,12,14-18,21H,2-3,5,7-11H2,1H3. The van der Waals surface area contributed by atoms with Gasteiger partial charge in [-0.25, -0.2) is 0 Å². The van der Waals surface area contributed by atoms with Gasteiger partial charge in [0.2, 0.25) is 0 Å². The van der Waals surface area contributed by atoms with Gasteiger partial charge >= 0.3 is 0 Å². The van der Waals surface area contributed by atoms with Crippen LogP contribution in [0.4, 0.5) is 0 Å². The largest absolute Gasteiger partial charge is 0.393 e. The van der Waals surface area contributed by atoms with Crippen LogP contribution < -0.4 is 0 Å². The Morgan fingerprint density at radius 1 is 1.19 bits per heavy atom. The fraction of sp³-hybridized carbons (Fsp3) is 0.842. The number of hydrogen-bond donors (Lipinski definition) is 1. The summed E-state index contributed by atoms with van der Waals surface area (Å²) in [6.45, 7) is 2.28. The Morgan fingerprint density at radius 3 is 2.86 bits per heavy atom. The second kappa shape index (κ2) is 4.94. The third-order valence-electron chi connectivity index (χ3n) is 7.70. The highest BCUT2D eigenvalue weighted by Crippen LogP contribution is 2.62. The number of aliphatic hydroxyl groups is 1. The van der Waals surface area contributed by atoms with Gasteiger partial charge in [-0.05, 0) is 86.0 Å². The summed E-state index contributed by atoms with van der Waals surface area (Å²) >= 11 is 0. The minimum absolute atomic E-state index is 0.0605. The first kappa shape index (κ1) is 14.0. The molecule has 0 saturated heterocycles. The second-order valence-corrected chi connectivity index (χ2v) is 8.10. The Hall–Kier alpha value is -0.630. The molecule has 3 saturated carbocycles. The maximum Gasteiger partial charge on any atom is 0.155 e. The van der Waals surface area contributed by atoms with Gasteiger partial charge in [-0.3, -0.25) is 4.79 Å². The van der Waals surface area contributed by atoms with Crippen LogP contribution >= 0.6 is 0 Å². The summed E-state index contributed by atoms with van der Waals surface area (Å²) in [5, 5.41) is 10.6. The van der Waals surface area contributed by atoms with Gasteiger partial charge in [-0.2, -0.15) is 0 Å². The van der Waals surface area contributed by atoms with Gasteiger partial charge in [0.25, 0.3) is 0 Å². The monoisotopic (exact) mass is 288 g/mol. The fourth-order valence-corrected chi connectivity index (χ4v) is 6.70. The van der Waals surface area contributed by atoms with E-state index in [9.17, 15) is 9.90 Å². The molecule has 0 radical (unpaired) electrons. The summed E-state index contributed by atoms with van der Waals surface area (Å²) < 4.78 is 0. The fourth-order valence-electron chi connectivity index (χ4n) is 6.70. The summed E-state index contributed by atoms with van der Waals surface area (Å²) in [5.74, 6) is 3.92. The van der Waals surface area contributed by atoms with Gasteiger partial charge in [-0.15, -0.1) is 0 Å². The molecule has 21 heavy (non-hydrogen) atoms. The summed E-state index contributed by atoms with van der Waals surface area (Å²) in [5.41, 5.74) is 0.224. The van der Waals surface area contributed by atoms with E-state index >= 15 is 0 Å². The van der Waals surface area contributed by atoms with E-state index in [0.29, 0.717) is 17.6 Å². The highest BCUT2D eigenvalue weighted by atomic mass is 16.3. The van der Waals surface area contributed by atoms with E-state index in [2.05, 4.69) is 13.0 Å². The molecule has 4 rings (SSSR count). The first-order chi connectivity index (χ1) is 10.2. The zero-order valence-electron chi connectivity index (χ0n) is 13.1. The molecule has 0 aromatic heterocycles. The Bertz CT molecular complexity index is 468.